The lowest BCUT2D eigenvalue weighted by Crippen LogP contribution is -1.94. The Morgan fingerprint density at radius 1 is 0.405 bits per heavy atom. The highest BCUT2D eigenvalue weighted by Crippen LogP contribution is 2.40. The molecule has 6 aromatic carbocycles. The first kappa shape index (κ1) is 23.1. The average Bonchev–Trinajstić information content (AvgIpc) is 3.58. The first-order valence-electron chi connectivity index (χ1n) is 14.3. The highest BCUT2D eigenvalue weighted by atomic mass is 15.0. The molecule has 0 saturated carbocycles. The average molecular weight is 536 g/mol. The van der Waals surface area contributed by atoms with Gasteiger partial charge in [0.15, 0.2) is 0 Å². The number of rotatable bonds is 3. The zero-order valence-electron chi connectivity index (χ0n) is 22.8. The summed E-state index contributed by atoms with van der Waals surface area (Å²) in [6, 6.07) is 50.4. The van der Waals surface area contributed by atoms with Crippen LogP contribution < -0.4 is 0 Å². The number of nitrogens with zero attached hydrogens (tertiary/aromatic N) is 3. The number of hydrogen-bond donors (Lipinski definition) is 0. The number of para-hydroxylation sites is 2. The molecule has 9 aromatic rings. The van der Waals surface area contributed by atoms with Crippen LogP contribution in [0.4, 0.5) is 0 Å². The van der Waals surface area contributed by atoms with Gasteiger partial charge in [0.05, 0.1) is 34.0 Å². The third-order valence-electron chi connectivity index (χ3n) is 8.58. The standard InChI is InChI=1S/C39H25N3/c1-2-10-29(11-3-1)41-37-21-17-26-9-4-5-13-31(26)39(37)33-19-16-28(24-38(33)41)27-18-20-36-34(23-27)32-14-6-7-15-35(32)42(36)30-12-8-22-40-25-30/h1-25H. The second-order valence-electron chi connectivity index (χ2n) is 10.9. The van der Waals surface area contributed by atoms with Crippen molar-refractivity contribution in [3.05, 3.63) is 152 Å². The minimum Gasteiger partial charge on any atom is -0.309 e. The first-order valence-corrected chi connectivity index (χ1v) is 14.3. The van der Waals surface area contributed by atoms with Gasteiger partial charge in [-0.05, 0) is 76.5 Å². The molecule has 0 aliphatic rings. The van der Waals surface area contributed by atoms with Crippen LogP contribution in [0.2, 0.25) is 0 Å². The zero-order valence-corrected chi connectivity index (χ0v) is 22.8. The third-order valence-corrected chi connectivity index (χ3v) is 8.58. The van der Waals surface area contributed by atoms with Crippen LogP contribution in [0.5, 0.6) is 0 Å². The van der Waals surface area contributed by atoms with Crippen LogP contribution >= 0.6 is 0 Å². The van der Waals surface area contributed by atoms with E-state index in [1.54, 1.807) is 0 Å². The van der Waals surface area contributed by atoms with Crippen molar-refractivity contribution < 1.29 is 0 Å². The molecule has 0 spiro atoms. The molecule has 3 heteroatoms. The molecule has 196 valence electrons. The Labute approximate surface area is 242 Å². The number of fused-ring (bicyclic) bond motifs is 8. The molecule has 9 rings (SSSR count). The molecule has 0 N–H and O–H groups in total. The summed E-state index contributed by atoms with van der Waals surface area (Å²) in [5, 5.41) is 7.59. The van der Waals surface area contributed by atoms with Crippen molar-refractivity contribution in [1.29, 1.82) is 0 Å². The highest BCUT2D eigenvalue weighted by Gasteiger charge is 2.17. The summed E-state index contributed by atoms with van der Waals surface area (Å²) < 4.78 is 4.72. The van der Waals surface area contributed by atoms with Gasteiger partial charge in [-0.25, -0.2) is 0 Å². The van der Waals surface area contributed by atoms with E-state index in [4.69, 9.17) is 0 Å². The summed E-state index contributed by atoms with van der Waals surface area (Å²) in [4.78, 5) is 4.40. The largest absolute Gasteiger partial charge is 0.309 e. The second-order valence-corrected chi connectivity index (χ2v) is 10.9. The van der Waals surface area contributed by atoms with Gasteiger partial charge in [-0.3, -0.25) is 4.98 Å². The van der Waals surface area contributed by atoms with E-state index in [1.807, 2.05) is 18.5 Å². The van der Waals surface area contributed by atoms with E-state index >= 15 is 0 Å². The van der Waals surface area contributed by atoms with E-state index in [-0.39, 0.29) is 0 Å². The van der Waals surface area contributed by atoms with Crippen molar-refractivity contribution in [2.45, 2.75) is 0 Å². The molecule has 0 amide bonds. The summed E-state index contributed by atoms with van der Waals surface area (Å²) in [5.41, 5.74) is 9.44. The maximum Gasteiger partial charge on any atom is 0.0645 e. The van der Waals surface area contributed by atoms with Gasteiger partial charge in [-0.1, -0.05) is 84.9 Å². The lowest BCUT2D eigenvalue weighted by atomic mass is 10.00. The molecular weight excluding hydrogens is 510 g/mol. The molecule has 0 fully saturated rings. The highest BCUT2D eigenvalue weighted by molar-refractivity contribution is 6.21. The number of benzene rings is 6. The summed E-state index contributed by atoms with van der Waals surface area (Å²) in [5.74, 6) is 0. The maximum atomic E-state index is 4.40. The predicted octanol–water partition coefficient (Wildman–Crippen LogP) is 10.1. The van der Waals surface area contributed by atoms with Crippen LogP contribution in [0.15, 0.2) is 152 Å². The zero-order chi connectivity index (χ0) is 27.6. The van der Waals surface area contributed by atoms with E-state index in [2.05, 4.69) is 148 Å². The Bertz CT molecular complexity index is 2450. The number of pyridine rings is 1. The molecule has 0 bridgehead atoms. The Kier molecular flexibility index (Phi) is 4.90. The van der Waals surface area contributed by atoms with Gasteiger partial charge < -0.3 is 9.13 Å². The molecule has 3 nitrogen and oxygen atoms in total. The van der Waals surface area contributed by atoms with Crippen molar-refractivity contribution in [2.75, 3.05) is 0 Å². The summed E-state index contributed by atoms with van der Waals surface area (Å²) in [7, 11) is 0. The summed E-state index contributed by atoms with van der Waals surface area (Å²) in [6.45, 7) is 0. The fraction of sp³-hybridized carbons (Fsp3) is 0. The fourth-order valence-electron chi connectivity index (χ4n) is 6.74. The lowest BCUT2D eigenvalue weighted by molar-refractivity contribution is 1.14. The molecule has 0 radical (unpaired) electrons. The van der Waals surface area contributed by atoms with Gasteiger partial charge in [0.2, 0.25) is 0 Å². The maximum absolute atomic E-state index is 4.40. The van der Waals surface area contributed by atoms with Crippen molar-refractivity contribution in [1.82, 2.24) is 14.1 Å². The topological polar surface area (TPSA) is 22.8 Å². The number of hydrogen-bond acceptors (Lipinski definition) is 1. The van der Waals surface area contributed by atoms with E-state index in [0.29, 0.717) is 0 Å². The monoisotopic (exact) mass is 535 g/mol. The van der Waals surface area contributed by atoms with Crippen LogP contribution in [0.1, 0.15) is 0 Å². The molecule has 0 atom stereocenters. The van der Waals surface area contributed by atoms with Gasteiger partial charge in [-0.15, -0.1) is 0 Å². The molecular formula is C39H25N3. The minimum atomic E-state index is 1.07. The Morgan fingerprint density at radius 2 is 1.10 bits per heavy atom. The Hall–Kier alpha value is -5.67. The van der Waals surface area contributed by atoms with Gasteiger partial charge in [0.25, 0.3) is 0 Å². The Morgan fingerprint density at radius 3 is 1.98 bits per heavy atom. The van der Waals surface area contributed by atoms with Crippen LogP contribution in [0, 0.1) is 0 Å². The van der Waals surface area contributed by atoms with E-state index in [1.165, 1.54) is 71.2 Å². The molecule has 3 aromatic heterocycles. The quantitative estimate of drug-likeness (QED) is 0.221. The van der Waals surface area contributed by atoms with E-state index < -0.39 is 0 Å². The molecule has 0 aliphatic carbocycles. The molecule has 0 unspecified atom stereocenters. The van der Waals surface area contributed by atoms with Crippen LogP contribution in [0.3, 0.4) is 0 Å². The summed E-state index contributed by atoms with van der Waals surface area (Å²) in [6.07, 6.45) is 3.75. The van der Waals surface area contributed by atoms with Crippen molar-refractivity contribution >= 4 is 54.4 Å². The normalized spacial score (nSPS) is 11.8. The van der Waals surface area contributed by atoms with E-state index in [9.17, 15) is 0 Å². The smallest absolute Gasteiger partial charge is 0.0645 e. The van der Waals surface area contributed by atoms with Crippen molar-refractivity contribution in [3.63, 3.8) is 0 Å². The molecule has 3 heterocycles. The third kappa shape index (κ3) is 3.31. The van der Waals surface area contributed by atoms with Crippen LogP contribution in [0.25, 0.3) is 76.9 Å². The minimum absolute atomic E-state index is 1.07. The van der Waals surface area contributed by atoms with E-state index in [0.717, 1.165) is 5.69 Å². The van der Waals surface area contributed by atoms with Gasteiger partial charge >= 0.3 is 0 Å². The van der Waals surface area contributed by atoms with Crippen molar-refractivity contribution in [3.8, 4) is 22.5 Å². The fourth-order valence-corrected chi connectivity index (χ4v) is 6.74. The van der Waals surface area contributed by atoms with Crippen molar-refractivity contribution in [2.24, 2.45) is 0 Å². The second kappa shape index (κ2) is 8.92. The number of aromatic nitrogens is 3. The first-order chi connectivity index (χ1) is 20.8. The van der Waals surface area contributed by atoms with Gasteiger partial charge in [-0.2, -0.15) is 0 Å². The molecule has 42 heavy (non-hydrogen) atoms. The van der Waals surface area contributed by atoms with Gasteiger partial charge in [0.1, 0.15) is 0 Å². The Balaban J connectivity index is 1.32. The molecule has 0 aliphatic heterocycles. The van der Waals surface area contributed by atoms with Crippen LogP contribution in [-0.4, -0.2) is 14.1 Å². The van der Waals surface area contributed by atoms with Gasteiger partial charge in [0, 0.05) is 33.4 Å². The lowest BCUT2D eigenvalue weighted by Gasteiger charge is -2.10. The van der Waals surface area contributed by atoms with Crippen LogP contribution in [-0.2, 0) is 0 Å². The predicted molar refractivity (Wildman–Crippen MR) is 176 cm³/mol. The molecule has 0 saturated heterocycles. The SMILES string of the molecule is c1ccc(-n2c3cc(-c4ccc5c(c4)c4ccccc4n5-c4cccnc4)ccc3c3c4ccccc4ccc32)cc1. The summed E-state index contributed by atoms with van der Waals surface area (Å²) >= 11 is 0.